The lowest BCUT2D eigenvalue weighted by molar-refractivity contribution is 0.100. The molecule has 0 heterocycles. The van der Waals surface area contributed by atoms with Crippen molar-refractivity contribution in [1.82, 2.24) is 0 Å². The predicted molar refractivity (Wildman–Crippen MR) is 114 cm³/mol. The maximum Gasteiger partial charge on any atom is 0.249 e. The molecule has 1 atom stereocenters. The first-order valence-electron chi connectivity index (χ1n) is 9.27. The molecule has 0 aromatic heterocycles. The number of amides is 1. The Morgan fingerprint density at radius 3 is 2.45 bits per heavy atom. The highest BCUT2D eigenvalue weighted by atomic mass is 35.5. The molecular formula is C23H22ClFN2O2. The van der Waals surface area contributed by atoms with Crippen LogP contribution in [0, 0.1) is 5.82 Å². The molecule has 0 radical (unpaired) electrons. The van der Waals surface area contributed by atoms with Gasteiger partial charge in [-0.25, -0.2) is 4.39 Å². The third-order valence-corrected chi connectivity index (χ3v) is 5.10. The van der Waals surface area contributed by atoms with E-state index in [1.54, 1.807) is 19.1 Å². The van der Waals surface area contributed by atoms with E-state index >= 15 is 4.39 Å². The minimum absolute atomic E-state index is 0.0270. The van der Waals surface area contributed by atoms with Gasteiger partial charge in [-0.2, -0.15) is 0 Å². The van der Waals surface area contributed by atoms with Crippen LogP contribution in [0.1, 0.15) is 34.3 Å². The molecule has 3 aromatic carbocycles. The van der Waals surface area contributed by atoms with E-state index in [0.717, 1.165) is 11.1 Å². The summed E-state index contributed by atoms with van der Waals surface area (Å²) in [4.78, 5) is 12.0. The van der Waals surface area contributed by atoms with Crippen LogP contribution in [0.4, 0.5) is 4.39 Å². The summed E-state index contributed by atoms with van der Waals surface area (Å²) in [6.07, 6.45) is 0. The van der Waals surface area contributed by atoms with Crippen LogP contribution in [0.25, 0.3) is 11.1 Å². The molecule has 0 bridgehead atoms. The number of hydrogen-bond donors (Lipinski definition) is 2. The number of nitrogens with two attached hydrogens (primary N) is 2. The molecule has 0 spiro atoms. The Kier molecular flexibility index (Phi) is 6.52. The van der Waals surface area contributed by atoms with Crippen LogP contribution in [-0.2, 0) is 0 Å². The van der Waals surface area contributed by atoms with E-state index in [2.05, 4.69) is 0 Å². The van der Waals surface area contributed by atoms with Gasteiger partial charge in [-0.1, -0.05) is 48.0 Å². The lowest BCUT2D eigenvalue weighted by atomic mass is 9.88. The standard InChI is InChI=1S/C23H22ClFN2O2/c1-2-29-20-11-9-16(23(27)28)21(22(20)25)17-12-15(8-10-19(17)24)18(13-26)14-6-4-3-5-7-14/h3-12,18H,2,13,26H2,1H3,(H2,27,28). The van der Waals surface area contributed by atoms with Crippen LogP contribution in [0.2, 0.25) is 5.02 Å². The number of hydrogen-bond acceptors (Lipinski definition) is 3. The van der Waals surface area contributed by atoms with Gasteiger partial charge in [-0.15, -0.1) is 0 Å². The van der Waals surface area contributed by atoms with Crippen molar-refractivity contribution in [2.75, 3.05) is 13.2 Å². The van der Waals surface area contributed by atoms with Crippen molar-refractivity contribution >= 4 is 17.5 Å². The third-order valence-electron chi connectivity index (χ3n) is 4.77. The van der Waals surface area contributed by atoms with Gasteiger partial charge < -0.3 is 16.2 Å². The molecule has 0 aliphatic carbocycles. The molecule has 29 heavy (non-hydrogen) atoms. The van der Waals surface area contributed by atoms with Crippen LogP contribution in [0.3, 0.4) is 0 Å². The van der Waals surface area contributed by atoms with Gasteiger partial charge in [0, 0.05) is 28.6 Å². The quantitative estimate of drug-likeness (QED) is 0.588. The molecule has 0 saturated heterocycles. The Labute approximate surface area is 174 Å². The second kappa shape index (κ2) is 9.07. The molecule has 1 amide bonds. The van der Waals surface area contributed by atoms with Gasteiger partial charge in [-0.3, -0.25) is 4.79 Å². The molecular weight excluding hydrogens is 391 g/mol. The van der Waals surface area contributed by atoms with E-state index in [1.165, 1.54) is 12.1 Å². The average molecular weight is 413 g/mol. The summed E-state index contributed by atoms with van der Waals surface area (Å²) in [5, 5.41) is 0.299. The molecule has 3 aromatic rings. The summed E-state index contributed by atoms with van der Waals surface area (Å²) in [6.45, 7) is 2.39. The number of carbonyl (C=O) groups is 1. The molecule has 0 saturated carbocycles. The third kappa shape index (κ3) is 4.26. The van der Waals surface area contributed by atoms with E-state index in [9.17, 15) is 4.79 Å². The van der Waals surface area contributed by atoms with Crippen LogP contribution < -0.4 is 16.2 Å². The monoisotopic (exact) mass is 412 g/mol. The minimum Gasteiger partial charge on any atom is -0.491 e. The van der Waals surface area contributed by atoms with Gasteiger partial charge in [0.15, 0.2) is 11.6 Å². The van der Waals surface area contributed by atoms with E-state index in [4.69, 9.17) is 27.8 Å². The first-order valence-corrected chi connectivity index (χ1v) is 9.65. The zero-order chi connectivity index (χ0) is 21.0. The first kappa shape index (κ1) is 20.8. The maximum absolute atomic E-state index is 15.3. The van der Waals surface area contributed by atoms with Crippen molar-refractivity contribution in [3.63, 3.8) is 0 Å². The summed E-state index contributed by atoms with van der Waals surface area (Å²) in [6, 6.07) is 17.9. The second-order valence-corrected chi connectivity index (χ2v) is 6.94. The van der Waals surface area contributed by atoms with Gasteiger partial charge in [0.25, 0.3) is 0 Å². The van der Waals surface area contributed by atoms with Crippen LogP contribution >= 0.6 is 11.6 Å². The van der Waals surface area contributed by atoms with E-state index in [0.29, 0.717) is 17.1 Å². The van der Waals surface area contributed by atoms with Gasteiger partial charge in [-0.05, 0) is 42.3 Å². The fourth-order valence-corrected chi connectivity index (χ4v) is 3.61. The Morgan fingerprint density at radius 2 is 1.83 bits per heavy atom. The van der Waals surface area contributed by atoms with Crippen molar-refractivity contribution in [1.29, 1.82) is 0 Å². The SMILES string of the molecule is CCOc1ccc(C(N)=O)c(-c2cc(C(CN)c3ccccc3)ccc2Cl)c1F. The normalized spacial score (nSPS) is 11.9. The van der Waals surface area contributed by atoms with Crippen molar-refractivity contribution in [2.24, 2.45) is 11.5 Å². The zero-order valence-electron chi connectivity index (χ0n) is 16.0. The lowest BCUT2D eigenvalue weighted by Gasteiger charge is -2.19. The zero-order valence-corrected chi connectivity index (χ0v) is 16.7. The summed E-state index contributed by atoms with van der Waals surface area (Å²) in [5.74, 6) is -1.50. The first-order chi connectivity index (χ1) is 14.0. The molecule has 6 heteroatoms. The number of ether oxygens (including phenoxy) is 1. The molecule has 1 unspecified atom stereocenters. The molecule has 3 rings (SSSR count). The lowest BCUT2D eigenvalue weighted by Crippen LogP contribution is -2.15. The van der Waals surface area contributed by atoms with E-state index in [-0.39, 0.29) is 29.4 Å². The number of benzene rings is 3. The van der Waals surface area contributed by atoms with Crippen molar-refractivity contribution < 1.29 is 13.9 Å². The summed E-state index contributed by atoms with van der Waals surface area (Å²) in [5.41, 5.74) is 13.9. The minimum atomic E-state index is -0.748. The fourth-order valence-electron chi connectivity index (χ4n) is 3.39. The van der Waals surface area contributed by atoms with Gasteiger partial charge in [0.05, 0.1) is 12.2 Å². The largest absolute Gasteiger partial charge is 0.491 e. The smallest absolute Gasteiger partial charge is 0.249 e. The number of primary amides is 1. The van der Waals surface area contributed by atoms with Crippen molar-refractivity contribution in [3.05, 3.63) is 88.2 Å². The Balaban J connectivity index is 2.21. The maximum atomic E-state index is 15.3. The molecule has 4 N–H and O–H groups in total. The van der Waals surface area contributed by atoms with Gasteiger partial charge >= 0.3 is 0 Å². The van der Waals surface area contributed by atoms with E-state index in [1.807, 2.05) is 36.4 Å². The van der Waals surface area contributed by atoms with Crippen LogP contribution in [-0.4, -0.2) is 19.1 Å². The highest BCUT2D eigenvalue weighted by molar-refractivity contribution is 6.33. The Hall–Kier alpha value is -2.89. The Bertz CT molecular complexity index is 1020. The summed E-state index contributed by atoms with van der Waals surface area (Å²) >= 11 is 6.41. The number of halogens is 2. The van der Waals surface area contributed by atoms with Gasteiger partial charge in [0.2, 0.25) is 5.91 Å². The summed E-state index contributed by atoms with van der Waals surface area (Å²) < 4.78 is 20.6. The Morgan fingerprint density at radius 1 is 1.10 bits per heavy atom. The van der Waals surface area contributed by atoms with Crippen molar-refractivity contribution in [3.8, 4) is 16.9 Å². The fraction of sp³-hybridized carbons (Fsp3) is 0.174. The highest BCUT2D eigenvalue weighted by Gasteiger charge is 2.23. The summed E-state index contributed by atoms with van der Waals surface area (Å²) in [7, 11) is 0. The molecule has 0 fully saturated rings. The van der Waals surface area contributed by atoms with Crippen LogP contribution in [0.15, 0.2) is 60.7 Å². The topological polar surface area (TPSA) is 78.3 Å². The molecule has 4 nitrogen and oxygen atoms in total. The molecule has 0 aliphatic rings. The predicted octanol–water partition coefficient (Wildman–Crippen LogP) is 4.73. The second-order valence-electron chi connectivity index (χ2n) is 6.54. The van der Waals surface area contributed by atoms with Crippen LogP contribution in [0.5, 0.6) is 5.75 Å². The molecule has 0 aliphatic heterocycles. The number of carbonyl (C=O) groups excluding carboxylic acids is 1. The van der Waals surface area contributed by atoms with Gasteiger partial charge in [0.1, 0.15) is 0 Å². The van der Waals surface area contributed by atoms with Crippen molar-refractivity contribution in [2.45, 2.75) is 12.8 Å². The van der Waals surface area contributed by atoms with E-state index < -0.39 is 11.7 Å². The number of rotatable bonds is 7. The molecule has 150 valence electrons. The highest BCUT2D eigenvalue weighted by Crippen LogP contribution is 2.39. The average Bonchev–Trinajstić information content (AvgIpc) is 2.72.